The van der Waals surface area contributed by atoms with Gasteiger partial charge < -0.3 is 15.4 Å². The summed E-state index contributed by atoms with van der Waals surface area (Å²) in [5, 5.41) is 9.47. The fraction of sp³-hybridized carbons (Fsp3) is 0.737. The molecule has 0 bridgehead atoms. The van der Waals surface area contributed by atoms with E-state index in [4.69, 9.17) is 4.74 Å². The summed E-state index contributed by atoms with van der Waals surface area (Å²) >= 11 is 1.83. The first-order valence-corrected chi connectivity index (χ1v) is 10.2. The Morgan fingerprint density at radius 2 is 2.29 bits per heavy atom. The summed E-state index contributed by atoms with van der Waals surface area (Å²) in [6, 6.07) is 4.88. The molecule has 1 aromatic heterocycles. The predicted octanol–water partition coefficient (Wildman–Crippen LogP) is 3.36. The van der Waals surface area contributed by atoms with Gasteiger partial charge >= 0.3 is 0 Å². The number of thiophene rings is 1. The molecule has 0 aromatic carbocycles. The predicted molar refractivity (Wildman–Crippen MR) is 99.8 cm³/mol. The number of fused-ring (bicyclic) bond motifs is 2. The van der Waals surface area contributed by atoms with Crippen molar-refractivity contribution in [2.24, 2.45) is 16.3 Å². The lowest BCUT2D eigenvalue weighted by molar-refractivity contribution is -0.125. The highest BCUT2D eigenvalue weighted by Crippen LogP contribution is 2.60. The smallest absolute Gasteiger partial charge is 0.191 e. The van der Waals surface area contributed by atoms with Gasteiger partial charge in [-0.3, -0.25) is 4.99 Å². The average molecular weight is 348 g/mol. The fourth-order valence-corrected chi connectivity index (χ4v) is 5.96. The summed E-state index contributed by atoms with van der Waals surface area (Å²) in [5.41, 5.74) is 0.373. The summed E-state index contributed by atoms with van der Waals surface area (Å²) < 4.78 is 6.08. The molecule has 1 aromatic rings. The summed E-state index contributed by atoms with van der Waals surface area (Å²) in [6.07, 6.45) is 7.04. The Bertz CT molecular complexity index is 579. The first-order chi connectivity index (χ1) is 11.7. The molecule has 5 heteroatoms. The molecule has 2 heterocycles. The van der Waals surface area contributed by atoms with Gasteiger partial charge in [0.25, 0.3) is 0 Å². The van der Waals surface area contributed by atoms with Gasteiger partial charge in [-0.1, -0.05) is 25.8 Å². The first-order valence-electron chi connectivity index (χ1n) is 9.37. The maximum absolute atomic E-state index is 6.08. The maximum Gasteiger partial charge on any atom is 0.191 e. The van der Waals surface area contributed by atoms with Crippen LogP contribution in [0.25, 0.3) is 0 Å². The highest BCUT2D eigenvalue weighted by molar-refractivity contribution is 7.10. The number of ether oxygens (including phenoxy) is 1. The van der Waals surface area contributed by atoms with Crippen LogP contribution in [0.5, 0.6) is 0 Å². The van der Waals surface area contributed by atoms with Crippen LogP contribution in [0.4, 0.5) is 0 Å². The lowest BCUT2D eigenvalue weighted by atomic mass is 9.54. The second-order valence-electron chi connectivity index (χ2n) is 7.68. The molecule has 4 atom stereocenters. The second kappa shape index (κ2) is 6.68. The van der Waals surface area contributed by atoms with Crippen molar-refractivity contribution in [3.8, 4) is 0 Å². The summed E-state index contributed by atoms with van der Waals surface area (Å²) in [5.74, 6) is 2.14. The highest BCUT2D eigenvalue weighted by atomic mass is 32.1. The highest BCUT2D eigenvalue weighted by Gasteiger charge is 2.65. The number of guanidine groups is 1. The topological polar surface area (TPSA) is 45.7 Å². The van der Waals surface area contributed by atoms with Crippen LogP contribution in [0.1, 0.15) is 49.8 Å². The van der Waals surface area contributed by atoms with Crippen molar-refractivity contribution in [1.82, 2.24) is 10.6 Å². The Hall–Kier alpha value is -1.07. The van der Waals surface area contributed by atoms with Gasteiger partial charge in [0.2, 0.25) is 0 Å². The summed E-state index contributed by atoms with van der Waals surface area (Å²) in [6.45, 7) is 4.13. The Kier molecular flexibility index (Phi) is 4.56. The van der Waals surface area contributed by atoms with E-state index in [1.54, 1.807) is 0 Å². The van der Waals surface area contributed by atoms with Crippen molar-refractivity contribution < 1.29 is 4.74 Å². The maximum atomic E-state index is 6.08. The van der Waals surface area contributed by atoms with Gasteiger partial charge in [0.05, 0.1) is 6.10 Å². The summed E-state index contributed by atoms with van der Waals surface area (Å²) in [7, 11) is 1.88. The SMILES string of the molecule is CN=C(NCC(C)c1cccs1)NC1C2CCOC2C12CCCC2. The van der Waals surface area contributed by atoms with Gasteiger partial charge in [-0.05, 0) is 30.7 Å². The van der Waals surface area contributed by atoms with Crippen LogP contribution in [0.3, 0.4) is 0 Å². The molecule has 2 aliphatic carbocycles. The van der Waals surface area contributed by atoms with E-state index in [0.29, 0.717) is 29.4 Å². The minimum absolute atomic E-state index is 0.373. The van der Waals surface area contributed by atoms with Gasteiger partial charge in [0.1, 0.15) is 0 Å². The van der Waals surface area contributed by atoms with E-state index in [-0.39, 0.29) is 0 Å². The number of rotatable bonds is 4. The molecule has 1 saturated heterocycles. The third kappa shape index (κ3) is 2.66. The Morgan fingerprint density at radius 1 is 1.46 bits per heavy atom. The van der Waals surface area contributed by atoms with Gasteiger partial charge in [0, 0.05) is 48.4 Å². The van der Waals surface area contributed by atoms with Crippen LogP contribution in [0, 0.1) is 11.3 Å². The van der Waals surface area contributed by atoms with Crippen molar-refractivity contribution in [2.45, 2.75) is 57.1 Å². The van der Waals surface area contributed by atoms with Crippen LogP contribution < -0.4 is 10.6 Å². The molecule has 24 heavy (non-hydrogen) atoms. The fourth-order valence-electron chi connectivity index (χ4n) is 5.17. The molecule has 1 spiro atoms. The number of hydrogen-bond donors (Lipinski definition) is 2. The first kappa shape index (κ1) is 16.4. The van der Waals surface area contributed by atoms with Crippen LogP contribution >= 0.6 is 11.3 Å². The van der Waals surface area contributed by atoms with Crippen molar-refractivity contribution >= 4 is 17.3 Å². The van der Waals surface area contributed by atoms with E-state index in [0.717, 1.165) is 19.1 Å². The Labute approximate surface area is 149 Å². The molecule has 0 radical (unpaired) electrons. The minimum atomic E-state index is 0.373. The van der Waals surface area contributed by atoms with Gasteiger partial charge in [-0.15, -0.1) is 11.3 Å². The lowest BCUT2D eigenvalue weighted by Crippen LogP contribution is -2.69. The molecule has 2 saturated carbocycles. The van der Waals surface area contributed by atoms with Crippen LogP contribution in [0.2, 0.25) is 0 Å². The molecule has 3 fully saturated rings. The zero-order valence-electron chi connectivity index (χ0n) is 14.8. The quantitative estimate of drug-likeness (QED) is 0.648. The molecule has 2 N–H and O–H groups in total. The zero-order chi connectivity index (χ0) is 16.6. The lowest BCUT2D eigenvalue weighted by Gasteiger charge is -2.57. The van der Waals surface area contributed by atoms with E-state index < -0.39 is 0 Å². The van der Waals surface area contributed by atoms with Crippen LogP contribution in [-0.2, 0) is 4.74 Å². The standard InChI is InChI=1S/C19H29N3OS/c1-13(15-6-5-11-24-15)12-21-18(20-2)22-16-14-7-10-23-17(14)19(16)8-3-4-9-19/h5-6,11,13-14,16-17H,3-4,7-10,12H2,1-2H3,(H2,20,21,22). The molecule has 4 rings (SSSR count). The van der Waals surface area contributed by atoms with E-state index in [2.05, 4.69) is 40.1 Å². The molecule has 3 aliphatic rings. The van der Waals surface area contributed by atoms with E-state index >= 15 is 0 Å². The Balaban J connectivity index is 1.38. The third-order valence-electron chi connectivity index (χ3n) is 6.41. The van der Waals surface area contributed by atoms with Gasteiger partial charge in [-0.25, -0.2) is 0 Å². The third-order valence-corrected chi connectivity index (χ3v) is 7.51. The van der Waals surface area contributed by atoms with E-state index in [1.165, 1.54) is 37.0 Å². The van der Waals surface area contributed by atoms with Crippen molar-refractivity contribution in [3.63, 3.8) is 0 Å². The number of nitrogens with one attached hydrogen (secondary N) is 2. The minimum Gasteiger partial charge on any atom is -0.377 e. The number of aliphatic imine (C=N–C) groups is 1. The van der Waals surface area contributed by atoms with Crippen molar-refractivity contribution in [3.05, 3.63) is 22.4 Å². The van der Waals surface area contributed by atoms with Gasteiger partial charge in [-0.2, -0.15) is 0 Å². The molecular weight excluding hydrogens is 318 g/mol. The average Bonchev–Trinajstić information content (AvgIpc) is 3.33. The van der Waals surface area contributed by atoms with Crippen molar-refractivity contribution in [1.29, 1.82) is 0 Å². The molecule has 132 valence electrons. The summed E-state index contributed by atoms with van der Waals surface area (Å²) in [4.78, 5) is 5.92. The van der Waals surface area contributed by atoms with Crippen molar-refractivity contribution in [2.75, 3.05) is 20.2 Å². The molecular formula is C19H29N3OS. The Morgan fingerprint density at radius 3 is 3.00 bits per heavy atom. The monoisotopic (exact) mass is 347 g/mol. The number of hydrogen-bond acceptors (Lipinski definition) is 3. The van der Waals surface area contributed by atoms with Gasteiger partial charge in [0.15, 0.2) is 5.96 Å². The van der Waals surface area contributed by atoms with Crippen LogP contribution in [-0.4, -0.2) is 38.3 Å². The molecule has 4 nitrogen and oxygen atoms in total. The molecule has 0 amide bonds. The van der Waals surface area contributed by atoms with Crippen LogP contribution in [0.15, 0.2) is 22.5 Å². The van der Waals surface area contributed by atoms with E-state index in [9.17, 15) is 0 Å². The largest absolute Gasteiger partial charge is 0.377 e. The number of nitrogens with zero attached hydrogens (tertiary/aromatic N) is 1. The molecule has 1 aliphatic heterocycles. The van der Waals surface area contributed by atoms with E-state index in [1.807, 2.05) is 18.4 Å². The zero-order valence-corrected chi connectivity index (χ0v) is 15.6. The second-order valence-corrected chi connectivity index (χ2v) is 8.66. The normalized spacial score (nSPS) is 32.4. The molecule has 4 unspecified atom stereocenters.